The summed E-state index contributed by atoms with van der Waals surface area (Å²) in [7, 11) is 0. The third kappa shape index (κ3) is 5.65. The topological polar surface area (TPSA) is 28.1 Å². The minimum absolute atomic E-state index is 0.571. The second-order valence-electron chi connectivity index (χ2n) is 8.43. The van der Waals surface area contributed by atoms with Gasteiger partial charge in [0.2, 0.25) is 0 Å². The van der Waals surface area contributed by atoms with Gasteiger partial charge in [0.15, 0.2) is 0 Å². The van der Waals surface area contributed by atoms with Crippen molar-refractivity contribution in [3.63, 3.8) is 0 Å². The SMILES string of the molecule is C(=Nc1ccc(N2CCN(c3ccccc3)CC2)cc1)c1ccc(OCc2ccccc2)cc1. The highest BCUT2D eigenvalue weighted by molar-refractivity contribution is 5.82. The van der Waals surface area contributed by atoms with Crippen LogP contribution in [-0.2, 0) is 6.61 Å². The van der Waals surface area contributed by atoms with Gasteiger partial charge in [-0.15, -0.1) is 0 Å². The van der Waals surface area contributed by atoms with E-state index in [4.69, 9.17) is 4.74 Å². The van der Waals surface area contributed by atoms with Crippen LogP contribution in [0, 0.1) is 0 Å². The summed E-state index contributed by atoms with van der Waals surface area (Å²) in [5, 5.41) is 0. The van der Waals surface area contributed by atoms with Crippen LogP contribution < -0.4 is 14.5 Å². The molecule has 0 amide bonds. The highest BCUT2D eigenvalue weighted by Crippen LogP contribution is 2.23. The smallest absolute Gasteiger partial charge is 0.119 e. The molecule has 0 unspecified atom stereocenters. The summed E-state index contributed by atoms with van der Waals surface area (Å²) in [5.41, 5.74) is 5.73. The maximum Gasteiger partial charge on any atom is 0.119 e. The summed E-state index contributed by atoms with van der Waals surface area (Å²) in [4.78, 5) is 9.54. The number of nitrogens with zero attached hydrogens (tertiary/aromatic N) is 3. The fraction of sp³-hybridized carbons (Fsp3) is 0.167. The third-order valence-electron chi connectivity index (χ3n) is 6.11. The Kier molecular flexibility index (Phi) is 6.86. The Morgan fingerprint density at radius 2 is 1.18 bits per heavy atom. The summed E-state index contributed by atoms with van der Waals surface area (Å²) in [5.74, 6) is 0.859. The summed E-state index contributed by atoms with van der Waals surface area (Å²) < 4.78 is 5.86. The molecule has 1 saturated heterocycles. The molecule has 4 heteroatoms. The van der Waals surface area contributed by atoms with Crippen LogP contribution in [0.3, 0.4) is 0 Å². The van der Waals surface area contributed by atoms with Gasteiger partial charge in [0.05, 0.1) is 5.69 Å². The molecule has 4 aromatic carbocycles. The zero-order valence-electron chi connectivity index (χ0n) is 19.3. The maximum absolute atomic E-state index is 5.86. The molecule has 0 spiro atoms. The van der Waals surface area contributed by atoms with Crippen LogP contribution in [0.1, 0.15) is 11.1 Å². The molecule has 0 bridgehead atoms. The number of anilines is 2. The number of ether oxygens (including phenoxy) is 1. The Bertz CT molecular complexity index is 1180. The van der Waals surface area contributed by atoms with Crippen molar-refractivity contribution in [1.29, 1.82) is 0 Å². The zero-order valence-corrected chi connectivity index (χ0v) is 19.3. The third-order valence-corrected chi connectivity index (χ3v) is 6.11. The van der Waals surface area contributed by atoms with E-state index in [-0.39, 0.29) is 0 Å². The average Bonchev–Trinajstić information content (AvgIpc) is 2.93. The van der Waals surface area contributed by atoms with Gasteiger partial charge >= 0.3 is 0 Å². The monoisotopic (exact) mass is 447 g/mol. The molecule has 1 aliphatic heterocycles. The second kappa shape index (κ2) is 10.7. The Morgan fingerprint density at radius 3 is 1.79 bits per heavy atom. The number of aliphatic imine (C=N–C) groups is 1. The van der Waals surface area contributed by atoms with Gasteiger partial charge in [0, 0.05) is 43.8 Å². The molecule has 34 heavy (non-hydrogen) atoms. The van der Waals surface area contributed by atoms with Gasteiger partial charge in [-0.2, -0.15) is 0 Å². The summed E-state index contributed by atoms with van der Waals surface area (Å²) in [6.45, 7) is 4.69. The highest BCUT2D eigenvalue weighted by atomic mass is 16.5. The van der Waals surface area contributed by atoms with E-state index in [0.717, 1.165) is 48.7 Å². The van der Waals surface area contributed by atoms with Gasteiger partial charge in [0.25, 0.3) is 0 Å². The molecule has 0 saturated carbocycles. The molecule has 170 valence electrons. The van der Waals surface area contributed by atoms with Crippen LogP contribution in [0.25, 0.3) is 0 Å². The van der Waals surface area contributed by atoms with Crippen LogP contribution in [0.4, 0.5) is 17.1 Å². The van der Waals surface area contributed by atoms with Crippen LogP contribution in [0.2, 0.25) is 0 Å². The van der Waals surface area contributed by atoms with Crippen molar-refractivity contribution in [1.82, 2.24) is 0 Å². The van der Waals surface area contributed by atoms with Gasteiger partial charge in [-0.25, -0.2) is 0 Å². The molecule has 1 aliphatic rings. The van der Waals surface area contributed by atoms with Crippen molar-refractivity contribution in [2.45, 2.75) is 6.61 Å². The predicted octanol–water partition coefficient (Wildman–Crippen LogP) is 6.34. The van der Waals surface area contributed by atoms with Crippen molar-refractivity contribution in [3.8, 4) is 5.75 Å². The lowest BCUT2D eigenvalue weighted by Crippen LogP contribution is -2.46. The molecule has 1 fully saturated rings. The van der Waals surface area contributed by atoms with Crippen LogP contribution >= 0.6 is 0 Å². The maximum atomic E-state index is 5.86. The van der Waals surface area contributed by atoms with Crippen LogP contribution in [-0.4, -0.2) is 32.4 Å². The Morgan fingerprint density at radius 1 is 0.618 bits per heavy atom. The number of rotatable bonds is 7. The highest BCUT2D eigenvalue weighted by Gasteiger charge is 2.17. The first kappa shape index (κ1) is 21.8. The summed E-state index contributed by atoms with van der Waals surface area (Å²) in [6, 6.07) is 37.4. The van der Waals surface area contributed by atoms with E-state index in [9.17, 15) is 0 Å². The lowest BCUT2D eigenvalue weighted by Gasteiger charge is -2.37. The molecule has 0 radical (unpaired) electrons. The van der Waals surface area contributed by atoms with E-state index in [1.807, 2.05) is 48.7 Å². The molecule has 0 aromatic heterocycles. The van der Waals surface area contributed by atoms with Gasteiger partial charge < -0.3 is 14.5 Å². The van der Waals surface area contributed by atoms with E-state index in [0.29, 0.717) is 6.61 Å². The van der Waals surface area contributed by atoms with Gasteiger partial charge in [-0.3, -0.25) is 4.99 Å². The fourth-order valence-corrected chi connectivity index (χ4v) is 4.15. The van der Waals surface area contributed by atoms with Crippen LogP contribution in [0.5, 0.6) is 5.75 Å². The van der Waals surface area contributed by atoms with E-state index in [2.05, 4.69) is 81.5 Å². The van der Waals surface area contributed by atoms with E-state index < -0.39 is 0 Å². The molecule has 4 aromatic rings. The summed E-state index contributed by atoms with van der Waals surface area (Å²) >= 11 is 0. The molecule has 0 aliphatic carbocycles. The molecule has 0 N–H and O–H groups in total. The minimum atomic E-state index is 0.571. The minimum Gasteiger partial charge on any atom is -0.489 e. The van der Waals surface area contributed by atoms with Gasteiger partial charge in [-0.05, 0) is 71.8 Å². The number of hydrogen-bond acceptors (Lipinski definition) is 4. The van der Waals surface area contributed by atoms with Gasteiger partial charge in [-0.1, -0.05) is 48.5 Å². The average molecular weight is 448 g/mol. The number of piperazine rings is 1. The summed E-state index contributed by atoms with van der Waals surface area (Å²) in [6.07, 6.45) is 1.90. The van der Waals surface area contributed by atoms with E-state index in [1.165, 1.54) is 11.4 Å². The first-order chi connectivity index (χ1) is 16.8. The Balaban J connectivity index is 1.13. The Hall–Kier alpha value is -4.05. The molecular formula is C30H29N3O. The zero-order chi connectivity index (χ0) is 23.0. The van der Waals surface area contributed by atoms with Crippen LogP contribution in [0.15, 0.2) is 114 Å². The molecular weight excluding hydrogens is 418 g/mol. The van der Waals surface area contributed by atoms with Crippen molar-refractivity contribution in [2.75, 3.05) is 36.0 Å². The van der Waals surface area contributed by atoms with Crippen molar-refractivity contribution >= 4 is 23.3 Å². The number of para-hydroxylation sites is 1. The standard InChI is InChI=1S/C30H29N3O/c1-3-7-26(8-4-1)24-34-30-17-11-25(12-18-30)23-31-27-13-15-29(16-14-27)33-21-19-32(20-22-33)28-9-5-2-6-10-28/h1-18,23H,19-22,24H2. The molecule has 0 atom stereocenters. The van der Waals surface area contributed by atoms with Gasteiger partial charge in [0.1, 0.15) is 12.4 Å². The van der Waals surface area contributed by atoms with E-state index >= 15 is 0 Å². The number of benzene rings is 4. The lowest BCUT2D eigenvalue weighted by atomic mass is 10.2. The Labute approximate surface area is 201 Å². The normalized spacial score (nSPS) is 13.9. The fourth-order valence-electron chi connectivity index (χ4n) is 4.15. The predicted molar refractivity (Wildman–Crippen MR) is 142 cm³/mol. The molecule has 4 nitrogen and oxygen atoms in total. The first-order valence-corrected chi connectivity index (χ1v) is 11.8. The van der Waals surface area contributed by atoms with E-state index in [1.54, 1.807) is 0 Å². The van der Waals surface area contributed by atoms with Crippen molar-refractivity contribution in [2.24, 2.45) is 4.99 Å². The van der Waals surface area contributed by atoms with Crippen molar-refractivity contribution in [3.05, 3.63) is 120 Å². The second-order valence-corrected chi connectivity index (χ2v) is 8.43. The first-order valence-electron chi connectivity index (χ1n) is 11.8. The van der Waals surface area contributed by atoms with Crippen molar-refractivity contribution < 1.29 is 4.74 Å². The lowest BCUT2D eigenvalue weighted by molar-refractivity contribution is 0.306. The quantitative estimate of drug-likeness (QED) is 0.309. The molecule has 1 heterocycles. The largest absolute Gasteiger partial charge is 0.489 e. The molecule has 5 rings (SSSR count). The number of hydrogen-bond donors (Lipinski definition) is 0.